The Labute approximate surface area is 111 Å². The molecule has 110 valence electrons. The minimum atomic E-state index is -1.36. The second-order valence-electron chi connectivity index (χ2n) is 4.53. The molecule has 0 rings (SSSR count). The smallest absolute Gasteiger partial charge is 0.396 e. The number of carbonyl (C=O) groups is 3. The van der Waals surface area contributed by atoms with Crippen LogP contribution < -0.4 is 5.32 Å². The van der Waals surface area contributed by atoms with Gasteiger partial charge in [-0.05, 0) is 26.7 Å². The zero-order chi connectivity index (χ0) is 15.1. The first kappa shape index (κ1) is 17.4. The summed E-state index contributed by atoms with van der Waals surface area (Å²) in [5.74, 6) is -3.06. The molecular formula is C12H21NO6. The van der Waals surface area contributed by atoms with Crippen molar-refractivity contribution in [1.82, 2.24) is 5.32 Å². The molecule has 0 saturated heterocycles. The number of nitrogens with one attached hydrogen (secondary N) is 1. The van der Waals surface area contributed by atoms with E-state index in [1.807, 2.05) is 0 Å². The number of aliphatic carboxylic acids is 1. The van der Waals surface area contributed by atoms with Gasteiger partial charge >= 0.3 is 17.8 Å². The van der Waals surface area contributed by atoms with Crippen LogP contribution in [0.2, 0.25) is 0 Å². The van der Waals surface area contributed by atoms with Crippen LogP contribution in [0.1, 0.15) is 33.6 Å². The molecular weight excluding hydrogens is 254 g/mol. The summed E-state index contributed by atoms with van der Waals surface area (Å²) in [4.78, 5) is 33.7. The fourth-order valence-electron chi connectivity index (χ4n) is 1.50. The van der Waals surface area contributed by atoms with Crippen LogP contribution in [0, 0.1) is 5.41 Å². The van der Waals surface area contributed by atoms with Gasteiger partial charge in [0.1, 0.15) is 0 Å². The topological polar surface area (TPSA) is 113 Å². The lowest BCUT2D eigenvalue weighted by molar-refractivity contribution is -0.155. The Hall–Kier alpha value is -1.63. The molecule has 3 N–H and O–H groups in total. The van der Waals surface area contributed by atoms with Gasteiger partial charge in [-0.2, -0.15) is 0 Å². The number of amides is 1. The van der Waals surface area contributed by atoms with Crippen molar-refractivity contribution in [3.63, 3.8) is 0 Å². The number of esters is 1. The summed E-state index contributed by atoms with van der Waals surface area (Å²) in [6, 6.07) is -0.523. The number of aliphatic hydroxyl groups excluding tert-OH is 1. The second kappa shape index (κ2) is 7.73. The lowest BCUT2D eigenvalue weighted by Crippen LogP contribution is -2.45. The summed E-state index contributed by atoms with van der Waals surface area (Å²) >= 11 is 0. The number of aliphatic hydroxyl groups is 1. The van der Waals surface area contributed by atoms with Crippen LogP contribution in [0.15, 0.2) is 0 Å². The van der Waals surface area contributed by atoms with E-state index in [0.717, 1.165) is 0 Å². The Bertz CT molecular complexity index is 343. The van der Waals surface area contributed by atoms with Gasteiger partial charge in [0.2, 0.25) is 0 Å². The maximum absolute atomic E-state index is 11.5. The number of carboxylic acids is 1. The van der Waals surface area contributed by atoms with E-state index in [-0.39, 0.29) is 13.0 Å². The SMILES string of the molecule is CCOC(=O)C(=O)N[C@H](CC)C[C@@](C)(CO)C(=O)O. The van der Waals surface area contributed by atoms with Crippen molar-refractivity contribution in [1.29, 1.82) is 0 Å². The minimum absolute atomic E-state index is 0.0283. The van der Waals surface area contributed by atoms with E-state index in [4.69, 9.17) is 10.2 Å². The maximum Gasteiger partial charge on any atom is 0.396 e. The first-order valence-corrected chi connectivity index (χ1v) is 6.12. The van der Waals surface area contributed by atoms with Crippen LogP contribution >= 0.6 is 0 Å². The highest BCUT2D eigenvalue weighted by atomic mass is 16.5. The molecule has 0 fully saturated rings. The average Bonchev–Trinajstić information content (AvgIpc) is 2.37. The summed E-state index contributed by atoms with van der Waals surface area (Å²) in [6.07, 6.45) is 0.467. The molecule has 0 heterocycles. The Balaban J connectivity index is 4.64. The second-order valence-corrected chi connectivity index (χ2v) is 4.53. The number of ether oxygens (including phenoxy) is 1. The molecule has 0 saturated carbocycles. The molecule has 2 atom stereocenters. The maximum atomic E-state index is 11.5. The predicted octanol–water partition coefficient (Wildman–Crippen LogP) is -0.0824. The number of hydrogen-bond acceptors (Lipinski definition) is 5. The van der Waals surface area contributed by atoms with Crippen molar-refractivity contribution in [3.8, 4) is 0 Å². The molecule has 0 aliphatic rings. The minimum Gasteiger partial charge on any atom is -0.481 e. The van der Waals surface area contributed by atoms with Crippen molar-refractivity contribution in [2.24, 2.45) is 5.41 Å². The molecule has 19 heavy (non-hydrogen) atoms. The number of hydrogen-bond donors (Lipinski definition) is 3. The van der Waals surface area contributed by atoms with Gasteiger partial charge in [-0.25, -0.2) is 4.79 Å². The van der Waals surface area contributed by atoms with Crippen LogP contribution in [0.4, 0.5) is 0 Å². The first-order valence-electron chi connectivity index (χ1n) is 6.12. The van der Waals surface area contributed by atoms with Gasteiger partial charge in [0.15, 0.2) is 0 Å². The molecule has 0 aromatic carbocycles. The van der Waals surface area contributed by atoms with Crippen LogP contribution in [0.5, 0.6) is 0 Å². The summed E-state index contributed by atoms with van der Waals surface area (Å²) in [5.41, 5.74) is -1.36. The van der Waals surface area contributed by atoms with E-state index in [1.54, 1.807) is 13.8 Å². The van der Waals surface area contributed by atoms with Gasteiger partial charge < -0.3 is 20.3 Å². The van der Waals surface area contributed by atoms with Crippen molar-refractivity contribution in [2.45, 2.75) is 39.7 Å². The van der Waals surface area contributed by atoms with Crippen molar-refractivity contribution < 1.29 is 29.3 Å². The van der Waals surface area contributed by atoms with Gasteiger partial charge in [0.05, 0.1) is 18.6 Å². The summed E-state index contributed by atoms with van der Waals surface area (Å²) in [7, 11) is 0. The molecule has 0 bridgehead atoms. The fraction of sp³-hybridized carbons (Fsp3) is 0.750. The zero-order valence-corrected chi connectivity index (χ0v) is 11.4. The average molecular weight is 275 g/mol. The van der Waals surface area contributed by atoms with Gasteiger partial charge in [0.25, 0.3) is 0 Å². The molecule has 0 spiro atoms. The third kappa shape index (κ3) is 5.25. The van der Waals surface area contributed by atoms with Gasteiger partial charge in [0, 0.05) is 6.04 Å². The Morgan fingerprint density at radius 2 is 1.89 bits per heavy atom. The van der Waals surface area contributed by atoms with E-state index in [1.165, 1.54) is 6.92 Å². The summed E-state index contributed by atoms with van der Waals surface area (Å²) in [5, 5.41) is 20.6. The first-order chi connectivity index (χ1) is 8.80. The molecule has 0 aromatic heterocycles. The molecule has 0 unspecified atom stereocenters. The van der Waals surface area contributed by atoms with Gasteiger partial charge in [-0.3, -0.25) is 9.59 Å². The largest absolute Gasteiger partial charge is 0.481 e. The normalized spacial score (nSPS) is 15.2. The Morgan fingerprint density at radius 3 is 2.26 bits per heavy atom. The third-order valence-corrected chi connectivity index (χ3v) is 2.85. The highest BCUT2D eigenvalue weighted by molar-refractivity contribution is 6.32. The van der Waals surface area contributed by atoms with Crippen LogP contribution in [-0.4, -0.2) is 47.3 Å². The molecule has 0 radical (unpaired) electrons. The Morgan fingerprint density at radius 1 is 1.32 bits per heavy atom. The van der Waals surface area contributed by atoms with Crippen LogP contribution in [-0.2, 0) is 19.1 Å². The number of rotatable bonds is 7. The lowest BCUT2D eigenvalue weighted by Gasteiger charge is -2.27. The quantitative estimate of drug-likeness (QED) is 0.442. The zero-order valence-electron chi connectivity index (χ0n) is 11.4. The standard InChI is InChI=1S/C12H21NO6/c1-4-8(6-12(3,7-14)11(17)18)13-9(15)10(16)19-5-2/h8,14H,4-7H2,1-3H3,(H,13,15)(H,17,18)/t8-,12+/m1/s1. The predicted molar refractivity (Wildman–Crippen MR) is 66.3 cm³/mol. The molecule has 0 aliphatic carbocycles. The lowest BCUT2D eigenvalue weighted by atomic mass is 9.83. The highest BCUT2D eigenvalue weighted by Crippen LogP contribution is 2.24. The number of carboxylic acid groups (broad SMARTS) is 1. The molecule has 0 aromatic rings. The highest BCUT2D eigenvalue weighted by Gasteiger charge is 2.35. The summed E-state index contributed by atoms with van der Waals surface area (Å²) < 4.78 is 4.54. The summed E-state index contributed by atoms with van der Waals surface area (Å²) in [6.45, 7) is 4.25. The van der Waals surface area contributed by atoms with E-state index < -0.39 is 35.9 Å². The van der Waals surface area contributed by atoms with Crippen molar-refractivity contribution in [3.05, 3.63) is 0 Å². The van der Waals surface area contributed by atoms with Crippen molar-refractivity contribution in [2.75, 3.05) is 13.2 Å². The van der Waals surface area contributed by atoms with Crippen molar-refractivity contribution >= 4 is 17.8 Å². The van der Waals surface area contributed by atoms with Gasteiger partial charge in [-0.15, -0.1) is 0 Å². The monoisotopic (exact) mass is 275 g/mol. The third-order valence-electron chi connectivity index (χ3n) is 2.85. The van der Waals surface area contributed by atoms with Crippen LogP contribution in [0.25, 0.3) is 0 Å². The van der Waals surface area contributed by atoms with Gasteiger partial charge in [-0.1, -0.05) is 6.92 Å². The fourth-order valence-corrected chi connectivity index (χ4v) is 1.50. The number of carbonyl (C=O) groups excluding carboxylic acids is 2. The van der Waals surface area contributed by atoms with E-state index >= 15 is 0 Å². The van der Waals surface area contributed by atoms with E-state index in [9.17, 15) is 14.4 Å². The molecule has 1 amide bonds. The van der Waals surface area contributed by atoms with E-state index in [2.05, 4.69) is 10.1 Å². The van der Waals surface area contributed by atoms with Crippen LogP contribution in [0.3, 0.4) is 0 Å². The molecule has 7 nitrogen and oxygen atoms in total. The Kier molecular flexibility index (Phi) is 7.06. The molecule has 7 heteroatoms. The molecule has 0 aliphatic heterocycles. The van der Waals surface area contributed by atoms with E-state index in [0.29, 0.717) is 6.42 Å².